The summed E-state index contributed by atoms with van der Waals surface area (Å²) in [5, 5.41) is 0. The van der Waals surface area contributed by atoms with Gasteiger partial charge in [-0.1, -0.05) is 30.4 Å². The Morgan fingerprint density at radius 3 is 2.73 bits per heavy atom. The predicted molar refractivity (Wildman–Crippen MR) is 88.6 cm³/mol. The van der Waals surface area contributed by atoms with Gasteiger partial charge in [0.1, 0.15) is 5.75 Å². The molecule has 1 aliphatic carbocycles. The Morgan fingerprint density at radius 1 is 1.32 bits per heavy atom. The van der Waals surface area contributed by atoms with Gasteiger partial charge in [-0.05, 0) is 48.4 Å². The van der Waals surface area contributed by atoms with E-state index in [1.54, 1.807) is 7.11 Å². The van der Waals surface area contributed by atoms with Crippen LogP contribution in [-0.4, -0.2) is 31.0 Å². The highest BCUT2D eigenvalue weighted by atomic mass is 16.5. The minimum absolute atomic E-state index is 0.293. The number of carbonyl (C=O) groups is 1. The summed E-state index contributed by atoms with van der Waals surface area (Å²) in [5.74, 6) is 1.63. The third-order valence-electron chi connectivity index (χ3n) is 4.57. The summed E-state index contributed by atoms with van der Waals surface area (Å²) in [5.41, 5.74) is 2.55. The second-order valence-electron chi connectivity index (χ2n) is 6.02. The molecule has 3 heteroatoms. The van der Waals surface area contributed by atoms with E-state index < -0.39 is 0 Å². The molecule has 1 aliphatic heterocycles. The van der Waals surface area contributed by atoms with Crippen molar-refractivity contribution in [2.24, 2.45) is 5.92 Å². The number of hydrogen-bond acceptors (Lipinski definition) is 2. The van der Waals surface area contributed by atoms with E-state index in [2.05, 4.69) is 30.4 Å². The normalized spacial score (nSPS) is 20.9. The molecule has 3 nitrogen and oxygen atoms in total. The Labute approximate surface area is 132 Å². The van der Waals surface area contributed by atoms with E-state index in [4.69, 9.17) is 4.74 Å². The number of methoxy groups -OCH3 is 1. The van der Waals surface area contributed by atoms with E-state index in [1.165, 1.54) is 11.1 Å². The zero-order valence-corrected chi connectivity index (χ0v) is 13.1. The molecule has 1 atom stereocenters. The summed E-state index contributed by atoms with van der Waals surface area (Å²) in [6.45, 7) is 1.56. The van der Waals surface area contributed by atoms with Crippen LogP contribution in [0.1, 0.15) is 31.2 Å². The Balaban J connectivity index is 1.58. The molecule has 0 bridgehead atoms. The zero-order chi connectivity index (χ0) is 15.4. The van der Waals surface area contributed by atoms with Crippen LogP contribution in [-0.2, 0) is 4.79 Å². The largest absolute Gasteiger partial charge is 0.497 e. The molecule has 0 spiro atoms. The topological polar surface area (TPSA) is 29.5 Å². The Hall–Kier alpha value is -2.03. The van der Waals surface area contributed by atoms with Gasteiger partial charge in [-0.3, -0.25) is 4.79 Å². The molecule has 0 N–H and O–H groups in total. The third kappa shape index (κ3) is 3.41. The van der Waals surface area contributed by atoms with Crippen molar-refractivity contribution < 1.29 is 9.53 Å². The predicted octanol–water partition coefficient (Wildman–Crippen LogP) is 3.67. The maximum absolute atomic E-state index is 12.3. The summed E-state index contributed by atoms with van der Waals surface area (Å²) < 4.78 is 5.19. The van der Waals surface area contributed by atoms with Crippen molar-refractivity contribution in [3.05, 3.63) is 48.1 Å². The van der Waals surface area contributed by atoms with Crippen molar-refractivity contribution >= 4 is 11.5 Å². The van der Waals surface area contributed by atoms with E-state index in [9.17, 15) is 4.79 Å². The van der Waals surface area contributed by atoms with Gasteiger partial charge in [-0.2, -0.15) is 0 Å². The fourth-order valence-electron chi connectivity index (χ4n) is 3.18. The molecular formula is C19H23NO2. The van der Waals surface area contributed by atoms with E-state index in [0.717, 1.165) is 38.1 Å². The maximum atomic E-state index is 12.3. The zero-order valence-electron chi connectivity index (χ0n) is 13.1. The van der Waals surface area contributed by atoms with E-state index in [0.29, 0.717) is 18.2 Å². The first-order valence-electron chi connectivity index (χ1n) is 8.04. The number of rotatable bonds is 4. The second kappa shape index (κ2) is 6.82. The molecule has 0 aromatic heterocycles. The number of nitrogens with zero attached hydrogens (tertiary/aromatic N) is 1. The molecule has 1 aromatic rings. The first-order chi connectivity index (χ1) is 10.8. The lowest BCUT2D eigenvalue weighted by Crippen LogP contribution is -2.35. The van der Waals surface area contributed by atoms with Crippen LogP contribution in [0.3, 0.4) is 0 Å². The van der Waals surface area contributed by atoms with Crippen molar-refractivity contribution in [1.82, 2.24) is 4.90 Å². The SMILES string of the molecule is COc1ccc(C2=CCN(C(=O)C[C@@H]3C=CCC3)CC2)cc1. The summed E-state index contributed by atoms with van der Waals surface area (Å²) in [6.07, 6.45) is 10.4. The van der Waals surface area contributed by atoms with Gasteiger partial charge in [0.15, 0.2) is 0 Å². The summed E-state index contributed by atoms with van der Waals surface area (Å²) in [4.78, 5) is 14.3. The fourth-order valence-corrected chi connectivity index (χ4v) is 3.18. The van der Waals surface area contributed by atoms with Crippen molar-refractivity contribution in [1.29, 1.82) is 0 Å². The molecule has 1 heterocycles. The number of allylic oxidation sites excluding steroid dienone is 2. The first-order valence-corrected chi connectivity index (χ1v) is 8.04. The molecule has 1 aromatic carbocycles. The summed E-state index contributed by atoms with van der Waals surface area (Å²) in [6, 6.07) is 8.15. The molecule has 0 saturated heterocycles. The number of amides is 1. The van der Waals surface area contributed by atoms with Crippen molar-refractivity contribution in [2.45, 2.75) is 25.7 Å². The molecule has 0 unspecified atom stereocenters. The number of carbonyl (C=O) groups excluding carboxylic acids is 1. The molecule has 0 radical (unpaired) electrons. The lowest BCUT2D eigenvalue weighted by Gasteiger charge is -2.27. The minimum Gasteiger partial charge on any atom is -0.497 e. The summed E-state index contributed by atoms with van der Waals surface area (Å²) >= 11 is 0. The van der Waals surface area contributed by atoms with Crippen LogP contribution in [0, 0.1) is 5.92 Å². The molecule has 22 heavy (non-hydrogen) atoms. The molecule has 2 aliphatic rings. The van der Waals surface area contributed by atoms with Gasteiger partial charge < -0.3 is 9.64 Å². The van der Waals surface area contributed by atoms with Gasteiger partial charge in [-0.25, -0.2) is 0 Å². The average Bonchev–Trinajstić information content (AvgIpc) is 3.08. The van der Waals surface area contributed by atoms with Crippen LogP contribution >= 0.6 is 0 Å². The van der Waals surface area contributed by atoms with E-state index in [-0.39, 0.29) is 0 Å². The first kappa shape index (κ1) is 14.9. The van der Waals surface area contributed by atoms with Gasteiger partial charge in [0.2, 0.25) is 5.91 Å². The van der Waals surface area contributed by atoms with E-state index in [1.807, 2.05) is 17.0 Å². The average molecular weight is 297 g/mol. The van der Waals surface area contributed by atoms with Crippen molar-refractivity contribution in [2.75, 3.05) is 20.2 Å². The molecule has 1 amide bonds. The second-order valence-corrected chi connectivity index (χ2v) is 6.02. The minimum atomic E-state index is 0.293. The molecule has 0 fully saturated rings. The highest BCUT2D eigenvalue weighted by molar-refractivity contribution is 5.78. The van der Waals surface area contributed by atoms with Crippen molar-refractivity contribution in [3.8, 4) is 5.75 Å². The maximum Gasteiger partial charge on any atom is 0.223 e. The summed E-state index contributed by atoms with van der Waals surface area (Å²) in [7, 11) is 1.68. The number of benzene rings is 1. The molecular weight excluding hydrogens is 274 g/mol. The third-order valence-corrected chi connectivity index (χ3v) is 4.57. The van der Waals surface area contributed by atoms with Crippen LogP contribution in [0.5, 0.6) is 5.75 Å². The highest BCUT2D eigenvalue weighted by Gasteiger charge is 2.21. The van der Waals surface area contributed by atoms with Gasteiger partial charge in [0.25, 0.3) is 0 Å². The lowest BCUT2D eigenvalue weighted by molar-refractivity contribution is -0.131. The molecule has 116 valence electrons. The monoisotopic (exact) mass is 297 g/mol. The standard InChI is InChI=1S/C19H23NO2/c1-22-18-8-6-16(7-9-18)17-10-12-20(13-11-17)19(21)14-15-4-2-3-5-15/h2,4,6-10,15H,3,5,11-14H2,1H3/t15-/m1/s1. The fraction of sp³-hybridized carbons (Fsp3) is 0.421. The Kier molecular flexibility index (Phi) is 4.62. The van der Waals surface area contributed by atoms with Crippen LogP contribution < -0.4 is 4.74 Å². The Morgan fingerprint density at radius 2 is 2.14 bits per heavy atom. The molecule has 3 rings (SSSR count). The van der Waals surface area contributed by atoms with Crippen LogP contribution in [0.2, 0.25) is 0 Å². The number of ether oxygens (including phenoxy) is 1. The van der Waals surface area contributed by atoms with Gasteiger partial charge in [0.05, 0.1) is 7.11 Å². The quantitative estimate of drug-likeness (QED) is 0.794. The van der Waals surface area contributed by atoms with Crippen LogP contribution in [0.15, 0.2) is 42.5 Å². The highest BCUT2D eigenvalue weighted by Crippen LogP contribution is 2.26. The molecule has 0 saturated carbocycles. The van der Waals surface area contributed by atoms with Crippen molar-refractivity contribution in [3.63, 3.8) is 0 Å². The smallest absolute Gasteiger partial charge is 0.223 e. The Bertz CT molecular complexity index is 586. The van der Waals surface area contributed by atoms with Crippen LogP contribution in [0.25, 0.3) is 5.57 Å². The van der Waals surface area contributed by atoms with Crippen LogP contribution in [0.4, 0.5) is 0 Å². The lowest BCUT2D eigenvalue weighted by atomic mass is 9.98. The number of hydrogen-bond donors (Lipinski definition) is 0. The van der Waals surface area contributed by atoms with Gasteiger partial charge >= 0.3 is 0 Å². The van der Waals surface area contributed by atoms with Gasteiger partial charge in [-0.15, -0.1) is 0 Å². The van der Waals surface area contributed by atoms with Gasteiger partial charge in [0, 0.05) is 19.5 Å². The van der Waals surface area contributed by atoms with E-state index >= 15 is 0 Å².